The van der Waals surface area contributed by atoms with Crippen LogP contribution in [0.25, 0.3) is 0 Å². The van der Waals surface area contributed by atoms with Crippen LogP contribution in [0.1, 0.15) is 36.0 Å². The van der Waals surface area contributed by atoms with Gasteiger partial charge in [-0.3, -0.25) is 4.79 Å². The maximum atomic E-state index is 12.1. The average molecular weight is 278 g/mol. The molecule has 1 fully saturated rings. The lowest BCUT2D eigenvalue weighted by atomic mass is 9.87. The summed E-state index contributed by atoms with van der Waals surface area (Å²) in [5.74, 6) is 0.853. The second-order valence-corrected chi connectivity index (χ2v) is 5.34. The summed E-state index contributed by atoms with van der Waals surface area (Å²) in [6.45, 7) is 0.651. The first-order valence-electron chi connectivity index (χ1n) is 7.00. The number of carbonyl (C=O) groups is 1. The van der Waals surface area contributed by atoms with E-state index in [1.54, 1.807) is 18.2 Å². The van der Waals surface area contributed by atoms with Gasteiger partial charge in [0.15, 0.2) is 0 Å². The van der Waals surface area contributed by atoms with E-state index < -0.39 is 0 Å². The number of aliphatic hydroxyl groups excluding tert-OH is 1. The number of aliphatic hydroxyl groups is 1. The van der Waals surface area contributed by atoms with Gasteiger partial charge in [-0.2, -0.15) is 0 Å². The lowest BCUT2D eigenvalue weighted by molar-refractivity contribution is 0.0910. The van der Waals surface area contributed by atoms with E-state index in [1.807, 2.05) is 0 Å². The highest BCUT2D eigenvalue weighted by atomic mass is 16.5. The molecule has 0 heterocycles. The monoisotopic (exact) mass is 278 g/mol. The Balaban J connectivity index is 1.88. The smallest absolute Gasteiger partial charge is 0.251 e. The molecule has 1 amide bonds. The van der Waals surface area contributed by atoms with E-state index in [4.69, 9.17) is 10.5 Å². The summed E-state index contributed by atoms with van der Waals surface area (Å²) in [6, 6.07) is 5.01. The van der Waals surface area contributed by atoms with Crippen molar-refractivity contribution in [1.82, 2.24) is 5.32 Å². The Morgan fingerprint density at radius 2 is 2.10 bits per heavy atom. The normalized spacial score (nSPS) is 22.3. The molecule has 1 aromatic rings. The van der Waals surface area contributed by atoms with E-state index in [9.17, 15) is 9.90 Å². The number of methoxy groups -OCH3 is 1. The summed E-state index contributed by atoms with van der Waals surface area (Å²) in [5.41, 5.74) is 6.79. The number of hydrogen-bond acceptors (Lipinski definition) is 4. The van der Waals surface area contributed by atoms with E-state index in [2.05, 4.69) is 5.32 Å². The molecule has 0 aromatic heterocycles. The van der Waals surface area contributed by atoms with E-state index in [1.165, 1.54) is 7.11 Å². The zero-order valence-electron chi connectivity index (χ0n) is 11.8. The molecule has 0 spiro atoms. The topological polar surface area (TPSA) is 84.6 Å². The molecule has 110 valence electrons. The fourth-order valence-electron chi connectivity index (χ4n) is 2.54. The largest absolute Gasteiger partial charge is 0.495 e. The zero-order valence-corrected chi connectivity index (χ0v) is 11.8. The maximum Gasteiger partial charge on any atom is 0.251 e. The molecule has 2 rings (SSSR count). The highest BCUT2D eigenvalue weighted by molar-refractivity contribution is 5.95. The molecule has 5 heteroatoms. The zero-order chi connectivity index (χ0) is 14.5. The van der Waals surface area contributed by atoms with Crippen molar-refractivity contribution in [3.05, 3.63) is 23.8 Å². The number of amides is 1. The summed E-state index contributed by atoms with van der Waals surface area (Å²) >= 11 is 0. The highest BCUT2D eigenvalue weighted by Gasteiger charge is 2.20. The van der Waals surface area contributed by atoms with Crippen molar-refractivity contribution in [2.24, 2.45) is 5.92 Å². The Morgan fingerprint density at radius 3 is 2.75 bits per heavy atom. The fourth-order valence-corrected chi connectivity index (χ4v) is 2.54. The molecule has 20 heavy (non-hydrogen) atoms. The van der Waals surface area contributed by atoms with Gasteiger partial charge in [0.05, 0.1) is 18.9 Å². The summed E-state index contributed by atoms with van der Waals surface area (Å²) in [4.78, 5) is 12.1. The number of carbonyl (C=O) groups excluding carboxylic acids is 1. The molecule has 0 unspecified atom stereocenters. The van der Waals surface area contributed by atoms with Gasteiger partial charge in [0.2, 0.25) is 0 Å². The number of hydrogen-bond donors (Lipinski definition) is 3. The minimum Gasteiger partial charge on any atom is -0.495 e. The number of nitrogens with one attached hydrogen (secondary N) is 1. The first-order chi connectivity index (χ1) is 9.60. The van der Waals surface area contributed by atoms with Crippen molar-refractivity contribution in [3.63, 3.8) is 0 Å². The van der Waals surface area contributed by atoms with Crippen LogP contribution in [0, 0.1) is 5.92 Å². The van der Waals surface area contributed by atoms with Gasteiger partial charge in [-0.1, -0.05) is 0 Å². The van der Waals surface area contributed by atoms with Crippen molar-refractivity contribution in [1.29, 1.82) is 0 Å². The van der Waals surface area contributed by atoms with Crippen LogP contribution in [0.4, 0.5) is 5.69 Å². The van der Waals surface area contributed by atoms with Crippen LogP contribution >= 0.6 is 0 Å². The molecule has 1 aliphatic carbocycles. The summed E-state index contributed by atoms with van der Waals surface area (Å²) in [5, 5.41) is 12.4. The van der Waals surface area contributed by atoms with Crippen LogP contribution < -0.4 is 15.8 Å². The predicted octanol–water partition coefficient (Wildman–Crippen LogP) is 1.56. The number of anilines is 1. The first-order valence-corrected chi connectivity index (χ1v) is 7.00. The second-order valence-electron chi connectivity index (χ2n) is 5.34. The van der Waals surface area contributed by atoms with E-state index in [0.29, 0.717) is 29.5 Å². The molecule has 0 saturated heterocycles. The van der Waals surface area contributed by atoms with Gasteiger partial charge in [0.1, 0.15) is 5.75 Å². The number of benzene rings is 1. The van der Waals surface area contributed by atoms with Gasteiger partial charge < -0.3 is 20.9 Å². The molecule has 5 nitrogen and oxygen atoms in total. The quantitative estimate of drug-likeness (QED) is 0.730. The first kappa shape index (κ1) is 14.7. The molecule has 4 N–H and O–H groups in total. The number of ether oxygens (including phenoxy) is 1. The molecule has 1 aliphatic rings. The molecule has 0 atom stereocenters. The Kier molecular flexibility index (Phi) is 4.84. The molecule has 1 aromatic carbocycles. The average Bonchev–Trinajstić information content (AvgIpc) is 2.47. The SMILES string of the molecule is COc1cc(C(=O)NCC2CCC(O)CC2)ccc1N. The fraction of sp³-hybridized carbons (Fsp3) is 0.533. The maximum absolute atomic E-state index is 12.1. The second kappa shape index (κ2) is 6.61. The van der Waals surface area contributed by atoms with Gasteiger partial charge in [0, 0.05) is 12.1 Å². The van der Waals surface area contributed by atoms with Gasteiger partial charge in [-0.05, 0) is 49.8 Å². The van der Waals surface area contributed by atoms with Gasteiger partial charge in [-0.15, -0.1) is 0 Å². The van der Waals surface area contributed by atoms with Crippen molar-refractivity contribution >= 4 is 11.6 Å². The van der Waals surface area contributed by atoms with Crippen LogP contribution in [0.3, 0.4) is 0 Å². The standard InChI is InChI=1S/C15H22N2O3/c1-20-14-8-11(4-7-13(14)16)15(19)17-9-10-2-5-12(18)6-3-10/h4,7-8,10,12,18H,2-3,5-6,9,16H2,1H3,(H,17,19). The van der Waals surface area contributed by atoms with Crippen LogP contribution in [-0.4, -0.2) is 30.8 Å². The highest BCUT2D eigenvalue weighted by Crippen LogP contribution is 2.24. The van der Waals surface area contributed by atoms with Crippen LogP contribution in [-0.2, 0) is 0 Å². The molecular formula is C15H22N2O3. The third-order valence-corrected chi connectivity index (χ3v) is 3.86. The summed E-state index contributed by atoms with van der Waals surface area (Å²) in [6.07, 6.45) is 3.43. The molecule has 0 bridgehead atoms. The Morgan fingerprint density at radius 1 is 1.40 bits per heavy atom. The van der Waals surface area contributed by atoms with Crippen molar-refractivity contribution in [2.75, 3.05) is 19.4 Å². The van der Waals surface area contributed by atoms with Crippen LogP contribution in [0.15, 0.2) is 18.2 Å². The Hall–Kier alpha value is -1.75. The minimum absolute atomic E-state index is 0.116. The number of rotatable bonds is 4. The molecular weight excluding hydrogens is 256 g/mol. The van der Waals surface area contributed by atoms with Crippen molar-refractivity contribution in [3.8, 4) is 5.75 Å². The minimum atomic E-state index is -0.164. The van der Waals surface area contributed by atoms with Crippen LogP contribution in [0.5, 0.6) is 5.75 Å². The van der Waals surface area contributed by atoms with Gasteiger partial charge in [-0.25, -0.2) is 0 Å². The number of nitrogens with two attached hydrogens (primary N) is 1. The van der Waals surface area contributed by atoms with Gasteiger partial charge >= 0.3 is 0 Å². The third kappa shape index (κ3) is 3.63. The molecule has 1 saturated carbocycles. The molecule has 0 radical (unpaired) electrons. The lowest BCUT2D eigenvalue weighted by Crippen LogP contribution is -2.32. The van der Waals surface area contributed by atoms with Gasteiger partial charge in [0.25, 0.3) is 5.91 Å². The van der Waals surface area contributed by atoms with E-state index in [0.717, 1.165) is 25.7 Å². The third-order valence-electron chi connectivity index (χ3n) is 3.86. The molecule has 0 aliphatic heterocycles. The van der Waals surface area contributed by atoms with E-state index >= 15 is 0 Å². The Labute approximate surface area is 119 Å². The van der Waals surface area contributed by atoms with Crippen LogP contribution in [0.2, 0.25) is 0 Å². The summed E-state index contributed by atoms with van der Waals surface area (Å²) < 4.78 is 5.11. The van der Waals surface area contributed by atoms with Crippen molar-refractivity contribution < 1.29 is 14.6 Å². The van der Waals surface area contributed by atoms with Crippen molar-refractivity contribution in [2.45, 2.75) is 31.8 Å². The van der Waals surface area contributed by atoms with E-state index in [-0.39, 0.29) is 12.0 Å². The Bertz CT molecular complexity index is 468. The summed E-state index contributed by atoms with van der Waals surface area (Å²) in [7, 11) is 1.53. The number of nitrogen functional groups attached to an aromatic ring is 1. The lowest BCUT2D eigenvalue weighted by Gasteiger charge is -2.25. The predicted molar refractivity (Wildman–Crippen MR) is 77.7 cm³/mol.